The van der Waals surface area contributed by atoms with E-state index in [4.69, 9.17) is 4.74 Å². The van der Waals surface area contributed by atoms with E-state index in [1.165, 1.54) is 16.3 Å². The Morgan fingerprint density at radius 3 is 2.62 bits per heavy atom. The number of ether oxygens (including phenoxy) is 1. The molecule has 0 spiro atoms. The maximum atomic E-state index is 13.8. The summed E-state index contributed by atoms with van der Waals surface area (Å²) in [5, 5.41) is 6.76. The van der Waals surface area contributed by atoms with Gasteiger partial charge in [-0.25, -0.2) is 4.79 Å². The van der Waals surface area contributed by atoms with Crippen LogP contribution in [0.3, 0.4) is 0 Å². The van der Waals surface area contributed by atoms with Crippen molar-refractivity contribution in [1.82, 2.24) is 14.9 Å². The number of para-hydroxylation sites is 1. The van der Waals surface area contributed by atoms with Crippen LogP contribution in [-0.2, 0) is 0 Å². The summed E-state index contributed by atoms with van der Waals surface area (Å²) in [7, 11) is 0. The number of aryl methyl sites for hydroxylation is 2. The molecule has 0 bridgehead atoms. The Bertz CT molecular complexity index is 1750. The summed E-state index contributed by atoms with van der Waals surface area (Å²) >= 11 is 0. The number of nitrogens with zero attached hydrogens (tertiary/aromatic N) is 3. The molecule has 0 radical (unpaired) electrons. The van der Waals surface area contributed by atoms with Crippen molar-refractivity contribution in [2.75, 3.05) is 31.1 Å². The summed E-state index contributed by atoms with van der Waals surface area (Å²) in [6.07, 6.45) is 0. The molecule has 37 heavy (non-hydrogen) atoms. The highest BCUT2D eigenvalue weighted by molar-refractivity contribution is 6.04. The van der Waals surface area contributed by atoms with Gasteiger partial charge in [0.2, 0.25) is 0 Å². The molecule has 6 nitrogen and oxygen atoms in total. The van der Waals surface area contributed by atoms with Crippen molar-refractivity contribution < 1.29 is 4.74 Å². The maximum Gasteiger partial charge on any atom is 0.354 e. The summed E-state index contributed by atoms with van der Waals surface area (Å²) in [6, 6.07) is 25.2. The Balaban J connectivity index is 1.60. The lowest BCUT2D eigenvalue weighted by atomic mass is 9.94. The van der Waals surface area contributed by atoms with Gasteiger partial charge in [0.05, 0.1) is 22.6 Å². The van der Waals surface area contributed by atoms with E-state index in [-0.39, 0.29) is 11.7 Å². The SMILES string of the molecule is Cc1ccccc1-n1c(=O)nc2c3c(cc(-c4cccc5cccc(C)c45)cc31)OCC1CNCCN21. The van der Waals surface area contributed by atoms with Crippen LogP contribution >= 0.6 is 0 Å². The number of aromatic nitrogens is 2. The van der Waals surface area contributed by atoms with Gasteiger partial charge in [-0.05, 0) is 65.1 Å². The normalized spacial score (nSPS) is 16.9. The standard InChI is InChI=1S/C31H28N4O2/c1-19-7-3-4-12-25(19)35-26-15-22(24-11-6-10-21-9-5-8-20(2)28(21)24)16-27-29(26)30(33-31(35)36)34-14-13-32-17-23(34)18-37-27/h3-12,15-16,23,32H,13-14,17-18H2,1-2H3. The van der Waals surface area contributed by atoms with Crippen molar-refractivity contribution in [1.29, 1.82) is 0 Å². The fourth-order valence-corrected chi connectivity index (χ4v) is 5.97. The summed E-state index contributed by atoms with van der Waals surface area (Å²) in [4.78, 5) is 20.7. The molecule has 4 aromatic carbocycles. The van der Waals surface area contributed by atoms with Gasteiger partial charge in [0.25, 0.3) is 0 Å². The van der Waals surface area contributed by atoms with Crippen molar-refractivity contribution in [3.63, 3.8) is 0 Å². The largest absolute Gasteiger partial charge is 0.491 e. The fourth-order valence-electron chi connectivity index (χ4n) is 5.97. The summed E-state index contributed by atoms with van der Waals surface area (Å²) in [5.41, 5.74) is 5.78. The number of anilines is 1. The second kappa shape index (κ2) is 8.46. The van der Waals surface area contributed by atoms with Crippen molar-refractivity contribution in [3.05, 3.63) is 94.4 Å². The number of fused-ring (bicyclic) bond motifs is 3. The van der Waals surface area contributed by atoms with E-state index in [1.54, 1.807) is 4.57 Å². The molecule has 1 atom stereocenters. The van der Waals surface area contributed by atoms with Gasteiger partial charge < -0.3 is 15.0 Å². The van der Waals surface area contributed by atoms with E-state index in [9.17, 15) is 4.79 Å². The van der Waals surface area contributed by atoms with Crippen molar-refractivity contribution >= 4 is 27.5 Å². The number of hydrogen-bond acceptors (Lipinski definition) is 5. The molecule has 1 unspecified atom stereocenters. The first-order valence-electron chi connectivity index (χ1n) is 12.9. The number of rotatable bonds is 2. The quantitative estimate of drug-likeness (QED) is 0.379. The minimum atomic E-state index is -0.270. The Labute approximate surface area is 215 Å². The molecule has 6 heteroatoms. The molecule has 0 aliphatic carbocycles. The van der Waals surface area contributed by atoms with Gasteiger partial charge in [-0.15, -0.1) is 0 Å². The van der Waals surface area contributed by atoms with Crippen molar-refractivity contribution in [3.8, 4) is 22.6 Å². The average molecular weight is 489 g/mol. The van der Waals surface area contributed by atoms with Crippen LogP contribution in [0.1, 0.15) is 11.1 Å². The second-order valence-corrected chi connectivity index (χ2v) is 10.0. The molecule has 1 N–H and O–H groups in total. The van der Waals surface area contributed by atoms with Gasteiger partial charge in [0.15, 0.2) is 0 Å². The zero-order chi connectivity index (χ0) is 25.1. The van der Waals surface area contributed by atoms with Crippen LogP contribution in [0.2, 0.25) is 0 Å². The first-order valence-corrected chi connectivity index (χ1v) is 12.9. The van der Waals surface area contributed by atoms with Gasteiger partial charge in [0, 0.05) is 19.6 Å². The lowest BCUT2D eigenvalue weighted by Gasteiger charge is -2.35. The van der Waals surface area contributed by atoms with E-state index in [1.807, 2.05) is 31.2 Å². The van der Waals surface area contributed by atoms with Gasteiger partial charge in [-0.3, -0.25) is 4.57 Å². The molecule has 1 saturated heterocycles. The highest BCUT2D eigenvalue weighted by atomic mass is 16.5. The van der Waals surface area contributed by atoms with Gasteiger partial charge in [0.1, 0.15) is 18.2 Å². The third-order valence-corrected chi connectivity index (χ3v) is 7.77. The van der Waals surface area contributed by atoms with Crippen LogP contribution in [0.15, 0.2) is 77.6 Å². The van der Waals surface area contributed by atoms with Crippen LogP contribution < -0.4 is 20.6 Å². The van der Waals surface area contributed by atoms with Crippen LogP contribution in [0.4, 0.5) is 5.82 Å². The number of piperazine rings is 1. The van der Waals surface area contributed by atoms with Crippen LogP contribution in [0.5, 0.6) is 5.75 Å². The number of benzene rings is 4. The predicted molar refractivity (Wildman–Crippen MR) is 149 cm³/mol. The van der Waals surface area contributed by atoms with E-state index >= 15 is 0 Å². The average Bonchev–Trinajstić information content (AvgIpc) is 3.07. The Morgan fingerprint density at radius 1 is 0.946 bits per heavy atom. The number of nitrogens with one attached hydrogen (secondary N) is 1. The fraction of sp³-hybridized carbons (Fsp3) is 0.226. The molecule has 184 valence electrons. The molecule has 0 amide bonds. The molecule has 2 aliphatic heterocycles. The Kier molecular flexibility index (Phi) is 5.04. The van der Waals surface area contributed by atoms with Crippen molar-refractivity contribution in [2.45, 2.75) is 19.9 Å². The first-order chi connectivity index (χ1) is 18.1. The predicted octanol–water partition coefficient (Wildman–Crippen LogP) is 4.99. The molecule has 1 aromatic heterocycles. The monoisotopic (exact) mass is 488 g/mol. The first kappa shape index (κ1) is 22.1. The summed E-state index contributed by atoms with van der Waals surface area (Å²) in [6.45, 7) is 7.15. The van der Waals surface area contributed by atoms with Crippen molar-refractivity contribution in [2.24, 2.45) is 0 Å². The summed E-state index contributed by atoms with van der Waals surface area (Å²) < 4.78 is 8.27. The van der Waals surface area contributed by atoms with Gasteiger partial charge in [-0.1, -0.05) is 54.6 Å². The highest BCUT2D eigenvalue weighted by Crippen LogP contribution is 2.42. The third-order valence-electron chi connectivity index (χ3n) is 7.77. The minimum Gasteiger partial charge on any atom is -0.491 e. The lowest BCUT2D eigenvalue weighted by molar-refractivity contribution is 0.274. The molecule has 5 aromatic rings. The Hall–Kier alpha value is -4.16. The van der Waals surface area contributed by atoms with E-state index in [0.29, 0.717) is 6.61 Å². The molecular weight excluding hydrogens is 460 g/mol. The zero-order valence-corrected chi connectivity index (χ0v) is 21.0. The van der Waals surface area contributed by atoms with Gasteiger partial charge in [-0.2, -0.15) is 4.98 Å². The Morgan fingerprint density at radius 2 is 1.76 bits per heavy atom. The molecule has 2 aliphatic rings. The molecule has 0 saturated carbocycles. The van der Waals surface area contributed by atoms with E-state index in [2.05, 4.69) is 70.7 Å². The number of hydrogen-bond donors (Lipinski definition) is 1. The summed E-state index contributed by atoms with van der Waals surface area (Å²) in [5.74, 6) is 1.50. The second-order valence-electron chi connectivity index (χ2n) is 10.0. The lowest BCUT2D eigenvalue weighted by Crippen LogP contribution is -2.54. The van der Waals surface area contributed by atoms with Crippen LogP contribution in [0.25, 0.3) is 38.5 Å². The van der Waals surface area contributed by atoms with Crippen LogP contribution in [-0.4, -0.2) is 41.8 Å². The third kappa shape index (κ3) is 3.44. The van der Waals surface area contributed by atoms with E-state index in [0.717, 1.165) is 64.5 Å². The zero-order valence-electron chi connectivity index (χ0n) is 21.0. The topological polar surface area (TPSA) is 59.4 Å². The minimum absolute atomic E-state index is 0.119. The van der Waals surface area contributed by atoms with E-state index < -0.39 is 0 Å². The molecule has 3 heterocycles. The molecule has 7 rings (SSSR count). The highest BCUT2D eigenvalue weighted by Gasteiger charge is 2.32. The smallest absolute Gasteiger partial charge is 0.354 e. The molecule has 1 fully saturated rings. The van der Waals surface area contributed by atoms with Gasteiger partial charge >= 0.3 is 5.69 Å². The maximum absolute atomic E-state index is 13.8. The van der Waals surface area contributed by atoms with Crippen LogP contribution in [0, 0.1) is 13.8 Å². The molecular formula is C31H28N4O2.